The molecule has 0 bridgehead atoms. The van der Waals surface area contributed by atoms with Gasteiger partial charge in [-0.25, -0.2) is 4.39 Å². The molecule has 0 radical (unpaired) electrons. The Balaban J connectivity index is 1.93. The molecule has 1 amide bonds. The number of amides is 1. The molecule has 1 aromatic heterocycles. The number of benzene rings is 1. The number of aliphatic hydroxyl groups excluding tert-OH is 1. The van der Waals surface area contributed by atoms with Crippen molar-refractivity contribution in [2.24, 2.45) is 0 Å². The van der Waals surface area contributed by atoms with Gasteiger partial charge in [-0.15, -0.1) is 0 Å². The Morgan fingerprint density at radius 1 is 1.43 bits per heavy atom. The van der Waals surface area contributed by atoms with E-state index >= 15 is 0 Å². The van der Waals surface area contributed by atoms with Crippen molar-refractivity contribution < 1.29 is 18.7 Å². The largest absolute Gasteiger partial charge is 0.451 e. The van der Waals surface area contributed by atoms with Crippen molar-refractivity contribution in [3.05, 3.63) is 35.3 Å². The summed E-state index contributed by atoms with van der Waals surface area (Å²) in [6, 6.07) is 4.19. The van der Waals surface area contributed by atoms with E-state index in [4.69, 9.17) is 4.42 Å². The van der Waals surface area contributed by atoms with Gasteiger partial charge >= 0.3 is 0 Å². The molecular weight excluding hydrogens is 273 g/mol. The fraction of sp³-hybridized carbons (Fsp3) is 0.438. The number of carbonyl (C=O) groups excluding carboxylic acids is 1. The van der Waals surface area contributed by atoms with Crippen molar-refractivity contribution >= 4 is 16.9 Å². The number of rotatable bonds is 3. The zero-order valence-electron chi connectivity index (χ0n) is 11.9. The number of fused-ring (bicyclic) bond motifs is 1. The van der Waals surface area contributed by atoms with Crippen molar-refractivity contribution in [2.75, 3.05) is 6.61 Å². The van der Waals surface area contributed by atoms with E-state index in [9.17, 15) is 14.3 Å². The van der Waals surface area contributed by atoms with Gasteiger partial charge in [-0.05, 0) is 38.0 Å². The van der Waals surface area contributed by atoms with Crippen molar-refractivity contribution in [3.63, 3.8) is 0 Å². The van der Waals surface area contributed by atoms with Crippen LogP contribution in [0.3, 0.4) is 0 Å². The van der Waals surface area contributed by atoms with Crippen LogP contribution in [0.4, 0.5) is 4.39 Å². The van der Waals surface area contributed by atoms with E-state index in [2.05, 4.69) is 5.32 Å². The summed E-state index contributed by atoms with van der Waals surface area (Å²) in [7, 11) is 0. The molecule has 0 spiro atoms. The van der Waals surface area contributed by atoms with Crippen LogP contribution in [-0.2, 0) is 0 Å². The van der Waals surface area contributed by atoms with Crippen molar-refractivity contribution in [3.8, 4) is 0 Å². The third-order valence-electron chi connectivity index (χ3n) is 4.35. The number of hydrogen-bond donors (Lipinski definition) is 2. The van der Waals surface area contributed by atoms with Crippen LogP contribution in [0.25, 0.3) is 11.0 Å². The molecule has 112 valence electrons. The normalized spacial score (nSPS) is 17.3. The number of aliphatic hydroxyl groups is 1. The second kappa shape index (κ2) is 5.15. The minimum atomic E-state index is -0.548. The minimum Gasteiger partial charge on any atom is -0.451 e. The lowest BCUT2D eigenvalue weighted by Crippen LogP contribution is -2.49. The third kappa shape index (κ3) is 2.42. The second-order valence-corrected chi connectivity index (χ2v) is 5.80. The molecule has 0 aliphatic heterocycles. The highest BCUT2D eigenvalue weighted by Crippen LogP contribution is 2.31. The summed E-state index contributed by atoms with van der Waals surface area (Å²) < 4.78 is 18.8. The number of halogens is 1. The van der Waals surface area contributed by atoms with E-state index < -0.39 is 5.54 Å². The van der Waals surface area contributed by atoms with Gasteiger partial charge in [0.05, 0.1) is 12.1 Å². The number of furan rings is 1. The smallest absolute Gasteiger partial charge is 0.287 e. The van der Waals surface area contributed by atoms with Gasteiger partial charge in [0.25, 0.3) is 5.91 Å². The molecule has 5 heteroatoms. The zero-order valence-corrected chi connectivity index (χ0v) is 11.9. The summed E-state index contributed by atoms with van der Waals surface area (Å²) >= 11 is 0. The molecule has 0 atom stereocenters. The number of carbonyl (C=O) groups is 1. The molecule has 1 aromatic carbocycles. The number of aryl methyl sites for hydroxylation is 1. The van der Waals surface area contributed by atoms with E-state index in [0.717, 1.165) is 25.7 Å². The van der Waals surface area contributed by atoms with Gasteiger partial charge in [0.15, 0.2) is 5.76 Å². The molecule has 0 saturated heterocycles. The van der Waals surface area contributed by atoms with Crippen molar-refractivity contribution in [1.29, 1.82) is 0 Å². The van der Waals surface area contributed by atoms with Crippen LogP contribution in [0.1, 0.15) is 41.8 Å². The molecule has 2 aromatic rings. The van der Waals surface area contributed by atoms with Crippen LogP contribution >= 0.6 is 0 Å². The first-order valence-corrected chi connectivity index (χ1v) is 7.17. The van der Waals surface area contributed by atoms with Gasteiger partial charge in [-0.2, -0.15) is 0 Å². The Morgan fingerprint density at radius 3 is 2.81 bits per heavy atom. The summed E-state index contributed by atoms with van der Waals surface area (Å²) in [4.78, 5) is 12.4. The Kier molecular flexibility index (Phi) is 3.45. The zero-order chi connectivity index (χ0) is 15.0. The summed E-state index contributed by atoms with van der Waals surface area (Å²) in [6.07, 6.45) is 3.52. The molecule has 1 heterocycles. The molecule has 1 fully saturated rings. The second-order valence-electron chi connectivity index (χ2n) is 5.80. The summed E-state index contributed by atoms with van der Waals surface area (Å²) in [5.41, 5.74) is 0.560. The summed E-state index contributed by atoms with van der Waals surface area (Å²) in [5.74, 6) is -0.517. The Morgan fingerprint density at radius 2 is 2.14 bits per heavy atom. The Labute approximate surface area is 121 Å². The molecule has 1 aliphatic rings. The van der Waals surface area contributed by atoms with Gasteiger partial charge < -0.3 is 14.8 Å². The quantitative estimate of drug-likeness (QED) is 0.914. The summed E-state index contributed by atoms with van der Waals surface area (Å²) in [6.45, 7) is 1.66. The Bertz CT molecular complexity index is 686. The minimum absolute atomic E-state index is 0.0767. The molecule has 0 unspecified atom stereocenters. The maximum absolute atomic E-state index is 13.3. The van der Waals surface area contributed by atoms with Crippen LogP contribution in [0.5, 0.6) is 0 Å². The first kappa shape index (κ1) is 14.1. The number of hydrogen-bond acceptors (Lipinski definition) is 3. The summed E-state index contributed by atoms with van der Waals surface area (Å²) in [5, 5.41) is 13.1. The molecule has 4 nitrogen and oxygen atoms in total. The maximum Gasteiger partial charge on any atom is 0.287 e. The molecule has 1 saturated carbocycles. The van der Waals surface area contributed by atoms with E-state index in [0.29, 0.717) is 16.5 Å². The van der Waals surface area contributed by atoms with E-state index in [1.165, 1.54) is 18.2 Å². The van der Waals surface area contributed by atoms with Gasteiger partial charge in [0.2, 0.25) is 0 Å². The lowest BCUT2D eigenvalue weighted by Gasteiger charge is -2.27. The molecule has 21 heavy (non-hydrogen) atoms. The van der Waals surface area contributed by atoms with Crippen LogP contribution in [0.2, 0.25) is 0 Å². The molecule has 1 aliphatic carbocycles. The van der Waals surface area contributed by atoms with Crippen molar-refractivity contribution in [1.82, 2.24) is 5.32 Å². The maximum atomic E-state index is 13.3. The van der Waals surface area contributed by atoms with E-state index in [1.54, 1.807) is 6.92 Å². The molecule has 2 N–H and O–H groups in total. The van der Waals surface area contributed by atoms with Gasteiger partial charge in [0.1, 0.15) is 11.4 Å². The Hall–Kier alpha value is -1.88. The average Bonchev–Trinajstić information content (AvgIpc) is 3.05. The van der Waals surface area contributed by atoms with Crippen LogP contribution in [0.15, 0.2) is 22.6 Å². The van der Waals surface area contributed by atoms with Gasteiger partial charge in [-0.1, -0.05) is 12.8 Å². The first-order valence-electron chi connectivity index (χ1n) is 7.17. The van der Waals surface area contributed by atoms with Crippen LogP contribution < -0.4 is 5.32 Å². The highest BCUT2D eigenvalue weighted by molar-refractivity contribution is 5.99. The van der Waals surface area contributed by atoms with Crippen LogP contribution in [-0.4, -0.2) is 23.2 Å². The fourth-order valence-corrected chi connectivity index (χ4v) is 3.08. The average molecular weight is 291 g/mol. The van der Waals surface area contributed by atoms with Crippen molar-refractivity contribution in [2.45, 2.75) is 38.1 Å². The highest BCUT2D eigenvalue weighted by atomic mass is 19.1. The monoisotopic (exact) mass is 291 g/mol. The topological polar surface area (TPSA) is 62.5 Å². The number of nitrogens with one attached hydrogen (secondary N) is 1. The predicted octanol–water partition coefficient (Wildman–Crippen LogP) is 2.92. The highest BCUT2D eigenvalue weighted by Gasteiger charge is 2.36. The third-order valence-corrected chi connectivity index (χ3v) is 4.35. The fourth-order valence-electron chi connectivity index (χ4n) is 3.08. The lowest BCUT2D eigenvalue weighted by atomic mass is 9.98. The standard InChI is InChI=1S/C16H18FNO3/c1-10-12-8-11(17)4-5-13(12)21-14(10)15(20)18-16(9-19)6-2-3-7-16/h4-5,8,19H,2-3,6-7,9H2,1H3,(H,18,20). The van der Waals surface area contributed by atoms with Gasteiger partial charge in [-0.3, -0.25) is 4.79 Å². The van der Waals surface area contributed by atoms with E-state index in [-0.39, 0.29) is 24.1 Å². The first-order chi connectivity index (χ1) is 10.0. The molecule has 3 rings (SSSR count). The lowest BCUT2D eigenvalue weighted by molar-refractivity contribution is 0.0812. The van der Waals surface area contributed by atoms with E-state index in [1.807, 2.05) is 0 Å². The van der Waals surface area contributed by atoms with Crippen LogP contribution in [0, 0.1) is 12.7 Å². The van der Waals surface area contributed by atoms with Gasteiger partial charge in [0, 0.05) is 10.9 Å². The SMILES string of the molecule is Cc1c(C(=O)NC2(CO)CCCC2)oc2ccc(F)cc12. The predicted molar refractivity (Wildman–Crippen MR) is 76.7 cm³/mol. The molecular formula is C16H18FNO3.